The van der Waals surface area contributed by atoms with Gasteiger partial charge in [-0.2, -0.15) is 0 Å². The highest BCUT2D eigenvalue weighted by Gasteiger charge is 2.52. The zero-order valence-corrected chi connectivity index (χ0v) is 19.7. The number of likely N-dealkylation sites (N-methyl/N-ethyl adjacent to an activating group) is 2. The number of aliphatic carboxylic acids is 2. The molecular weight excluding hydrogens is 464 g/mol. The van der Waals surface area contributed by atoms with Crippen molar-refractivity contribution in [3.63, 3.8) is 0 Å². The van der Waals surface area contributed by atoms with E-state index in [1.165, 1.54) is 11.3 Å². The Labute approximate surface area is 201 Å². The van der Waals surface area contributed by atoms with Gasteiger partial charge in [0.25, 0.3) is 0 Å². The van der Waals surface area contributed by atoms with Gasteiger partial charge < -0.3 is 24.6 Å². The van der Waals surface area contributed by atoms with Crippen molar-refractivity contribution < 1.29 is 34.1 Å². The van der Waals surface area contributed by atoms with Crippen molar-refractivity contribution in [2.75, 3.05) is 25.5 Å². The van der Waals surface area contributed by atoms with Crippen LogP contribution in [0.5, 0.6) is 11.5 Å². The fourth-order valence-corrected chi connectivity index (χ4v) is 4.60. The molecule has 0 bridgehead atoms. The quantitative estimate of drug-likeness (QED) is 0.374. The van der Waals surface area contributed by atoms with E-state index >= 15 is 0 Å². The lowest BCUT2D eigenvalue weighted by Crippen LogP contribution is -2.45. The number of carboxylic acid groups (broad SMARTS) is 2. The number of hydrogen-bond donors (Lipinski definition) is 2. The Hall–Kier alpha value is -3.56. The van der Waals surface area contributed by atoms with E-state index in [1.807, 2.05) is 18.2 Å². The van der Waals surface area contributed by atoms with Crippen molar-refractivity contribution in [1.29, 1.82) is 0 Å². The normalized spacial score (nSPS) is 20.8. The number of likely N-dealkylation sites (tertiary alicyclic amines) is 1. The third kappa shape index (κ3) is 5.49. The van der Waals surface area contributed by atoms with Crippen LogP contribution in [0.25, 0.3) is 0 Å². The third-order valence-electron chi connectivity index (χ3n) is 5.89. The highest BCUT2D eigenvalue weighted by molar-refractivity contribution is 6.30. The number of carbonyl (C=O) groups is 3. The van der Waals surface area contributed by atoms with E-state index in [1.54, 1.807) is 24.3 Å². The van der Waals surface area contributed by atoms with Crippen LogP contribution >= 0.6 is 11.6 Å². The first-order valence-corrected chi connectivity index (χ1v) is 10.8. The number of carbonyl (C=O) groups excluding carboxylic acids is 1. The molecule has 0 radical (unpaired) electrons. The number of hydrogen-bond acceptors (Lipinski definition) is 7. The summed E-state index contributed by atoms with van der Waals surface area (Å²) in [5, 5.41) is 16.2. The molecule has 2 aliphatic rings. The lowest BCUT2D eigenvalue weighted by molar-refractivity contribution is -0.134. The molecule has 0 spiro atoms. The number of ether oxygens (including phenoxy) is 2. The Morgan fingerprint density at radius 3 is 2.15 bits per heavy atom. The smallest absolute Gasteiger partial charge is 0.478 e. The Morgan fingerprint density at radius 1 is 1.00 bits per heavy atom. The summed E-state index contributed by atoms with van der Waals surface area (Å²) in [5.41, 5.74) is 2.42. The zero-order valence-electron chi connectivity index (χ0n) is 18.9. The molecule has 2 aromatic carbocycles. The van der Waals surface area contributed by atoms with Crippen LogP contribution in [0.15, 0.2) is 54.6 Å². The van der Waals surface area contributed by atoms with Crippen LogP contribution in [-0.4, -0.2) is 60.0 Å². The average molecular weight is 489 g/mol. The van der Waals surface area contributed by atoms with E-state index in [0.29, 0.717) is 34.8 Å². The summed E-state index contributed by atoms with van der Waals surface area (Å²) in [6.07, 6.45) is 1.76. The van der Waals surface area contributed by atoms with E-state index < -0.39 is 18.1 Å². The Bertz CT molecular complexity index is 1100. The first-order valence-electron chi connectivity index (χ1n) is 10.4. The number of carboxylic acids is 2. The van der Waals surface area contributed by atoms with Gasteiger partial charge in [0.15, 0.2) is 0 Å². The predicted octanol–water partition coefficient (Wildman–Crippen LogP) is 4.00. The Kier molecular flexibility index (Phi) is 7.48. The molecule has 1 saturated heterocycles. The predicted molar refractivity (Wildman–Crippen MR) is 126 cm³/mol. The fourth-order valence-electron chi connectivity index (χ4n) is 4.48. The maximum atomic E-state index is 12.1. The molecule has 2 N–H and O–H groups in total. The maximum absolute atomic E-state index is 12.1. The molecule has 9 nitrogen and oxygen atoms in total. The molecule has 2 aliphatic heterocycles. The lowest BCUT2D eigenvalue weighted by atomic mass is 9.81. The fraction of sp³-hybridized carbons (Fsp3) is 0.292. The number of anilines is 1. The Balaban J connectivity index is 0.000000350. The second-order valence-corrected chi connectivity index (χ2v) is 8.67. The summed E-state index contributed by atoms with van der Waals surface area (Å²) in [7, 11) is 4.27. The first kappa shape index (κ1) is 25.1. The molecule has 0 aliphatic carbocycles. The van der Waals surface area contributed by atoms with Gasteiger partial charge in [-0.3, -0.25) is 4.90 Å². The van der Waals surface area contributed by atoms with Gasteiger partial charge in [0.1, 0.15) is 11.5 Å². The summed E-state index contributed by atoms with van der Waals surface area (Å²) in [4.78, 5) is 35.9. The van der Waals surface area contributed by atoms with Crippen molar-refractivity contribution >= 4 is 35.4 Å². The molecule has 4 rings (SSSR count). The largest absolute Gasteiger partial charge is 0.519 e. The van der Waals surface area contributed by atoms with Gasteiger partial charge in [-0.25, -0.2) is 14.4 Å². The van der Waals surface area contributed by atoms with Gasteiger partial charge in [-0.05, 0) is 61.5 Å². The summed E-state index contributed by atoms with van der Waals surface area (Å²) < 4.78 is 10.6. The van der Waals surface area contributed by atoms with Gasteiger partial charge in [-0.1, -0.05) is 18.5 Å². The first-order chi connectivity index (χ1) is 16.0. The third-order valence-corrected chi connectivity index (χ3v) is 6.14. The van der Waals surface area contributed by atoms with Crippen LogP contribution in [0.2, 0.25) is 5.02 Å². The monoisotopic (exact) mass is 488 g/mol. The van der Waals surface area contributed by atoms with Crippen molar-refractivity contribution in [2.24, 2.45) is 0 Å². The van der Waals surface area contributed by atoms with Crippen LogP contribution in [0.3, 0.4) is 0 Å². The van der Waals surface area contributed by atoms with Crippen molar-refractivity contribution in [2.45, 2.75) is 24.9 Å². The molecule has 0 saturated carbocycles. The SMILES string of the molecule is CN1CC[C@@]2(C)c3cc(OC(=O)Oc4ccc(Cl)cc4)ccc3N(C)[C@@H]12.O=C(O)/C=C/C(=O)O. The number of fused-ring (bicyclic) bond motifs is 3. The summed E-state index contributed by atoms with van der Waals surface area (Å²) in [5.74, 6) is -1.63. The second kappa shape index (κ2) is 10.1. The van der Waals surface area contributed by atoms with Crippen molar-refractivity contribution in [1.82, 2.24) is 4.90 Å². The molecule has 10 heteroatoms. The van der Waals surface area contributed by atoms with E-state index in [9.17, 15) is 14.4 Å². The minimum absolute atomic E-state index is 0.0261. The van der Waals surface area contributed by atoms with Crippen molar-refractivity contribution in [3.8, 4) is 11.5 Å². The molecule has 2 aromatic rings. The van der Waals surface area contributed by atoms with Gasteiger partial charge >= 0.3 is 18.1 Å². The number of halogens is 1. The van der Waals surface area contributed by atoms with E-state index in [4.69, 9.17) is 31.3 Å². The standard InChI is InChI=1S/C20H21ClN2O3.C4H4O4/c1-20-10-11-22(2)18(20)23(3)17-9-8-15(12-16(17)20)26-19(24)25-14-6-4-13(21)5-7-14;5-3(6)1-2-4(7)8/h4-9,12,18H,10-11H2,1-3H3;1-2H,(H,5,6)(H,7,8)/b;2-1+/t18-,20+;/m1./s1. The minimum Gasteiger partial charge on any atom is -0.478 e. The van der Waals surface area contributed by atoms with Gasteiger partial charge in [0.05, 0.1) is 6.17 Å². The van der Waals surface area contributed by atoms with Crippen LogP contribution < -0.4 is 14.4 Å². The summed E-state index contributed by atoms with van der Waals surface area (Å²) in [6.45, 7) is 3.33. The van der Waals surface area contributed by atoms with Gasteiger partial charge in [0.2, 0.25) is 0 Å². The lowest BCUT2D eigenvalue weighted by Gasteiger charge is -2.32. The number of nitrogens with zero attached hydrogens (tertiary/aromatic N) is 2. The minimum atomic E-state index is -1.26. The molecular formula is C24H25ClN2O7. The number of rotatable bonds is 4. The highest BCUT2D eigenvalue weighted by Crippen LogP contribution is 2.51. The summed E-state index contributed by atoms with van der Waals surface area (Å²) in [6, 6.07) is 12.4. The maximum Gasteiger partial charge on any atom is 0.519 e. The van der Waals surface area contributed by atoms with E-state index in [0.717, 1.165) is 13.0 Å². The van der Waals surface area contributed by atoms with Crippen LogP contribution in [0.1, 0.15) is 18.9 Å². The molecule has 2 heterocycles. The topological polar surface area (TPSA) is 117 Å². The zero-order chi connectivity index (χ0) is 25.0. The van der Waals surface area contributed by atoms with Gasteiger partial charge in [-0.15, -0.1) is 0 Å². The van der Waals surface area contributed by atoms with Crippen LogP contribution in [0, 0.1) is 0 Å². The average Bonchev–Trinajstić information content (AvgIpc) is 3.20. The summed E-state index contributed by atoms with van der Waals surface area (Å²) >= 11 is 5.83. The molecule has 0 unspecified atom stereocenters. The van der Waals surface area contributed by atoms with Crippen LogP contribution in [-0.2, 0) is 15.0 Å². The number of benzene rings is 2. The molecule has 0 aromatic heterocycles. The second-order valence-electron chi connectivity index (χ2n) is 8.23. The molecule has 1 fully saturated rings. The van der Waals surface area contributed by atoms with Crippen LogP contribution in [0.4, 0.5) is 10.5 Å². The van der Waals surface area contributed by atoms with E-state index in [2.05, 4.69) is 30.8 Å². The van der Waals surface area contributed by atoms with Gasteiger partial charge in [0, 0.05) is 41.9 Å². The van der Waals surface area contributed by atoms with Crippen molar-refractivity contribution in [3.05, 3.63) is 65.2 Å². The Morgan fingerprint density at radius 2 is 1.56 bits per heavy atom. The highest BCUT2D eigenvalue weighted by atomic mass is 35.5. The molecule has 34 heavy (non-hydrogen) atoms. The molecule has 180 valence electrons. The molecule has 0 amide bonds. The van der Waals surface area contributed by atoms with E-state index in [-0.39, 0.29) is 5.41 Å². The molecule has 2 atom stereocenters.